The molecule has 22 heavy (non-hydrogen) atoms. The second kappa shape index (κ2) is 6.95. The van der Waals surface area contributed by atoms with Crippen molar-refractivity contribution < 1.29 is 0 Å². The predicted molar refractivity (Wildman–Crippen MR) is 92.4 cm³/mol. The first-order valence-corrected chi connectivity index (χ1v) is 7.89. The van der Waals surface area contributed by atoms with Crippen molar-refractivity contribution >= 4 is 17.3 Å². The molecule has 0 radical (unpaired) electrons. The lowest BCUT2D eigenvalue weighted by molar-refractivity contribution is 0.578. The lowest BCUT2D eigenvalue weighted by Crippen LogP contribution is -2.29. The van der Waals surface area contributed by atoms with E-state index in [2.05, 4.69) is 35.2 Å². The summed E-state index contributed by atoms with van der Waals surface area (Å²) in [4.78, 5) is 2.44. The maximum atomic E-state index is 9.37. The Labute approximate surface area is 132 Å². The van der Waals surface area contributed by atoms with Crippen molar-refractivity contribution in [2.24, 2.45) is 0 Å². The first-order chi connectivity index (χ1) is 10.9. The Morgan fingerprint density at radius 1 is 0.909 bits per heavy atom. The SMILES string of the molecule is N#CC(=Cc1ccc(N2CCCCC2)cc1)c1ccccc1. The molecular formula is C20H20N2. The zero-order chi connectivity index (χ0) is 15.2. The van der Waals surface area contributed by atoms with E-state index in [0.717, 1.165) is 24.2 Å². The van der Waals surface area contributed by atoms with Crippen LogP contribution in [-0.4, -0.2) is 13.1 Å². The van der Waals surface area contributed by atoms with Crippen molar-refractivity contribution in [2.75, 3.05) is 18.0 Å². The quantitative estimate of drug-likeness (QED) is 0.602. The molecule has 1 saturated heterocycles. The van der Waals surface area contributed by atoms with E-state index in [4.69, 9.17) is 0 Å². The van der Waals surface area contributed by atoms with Crippen LogP contribution in [0.4, 0.5) is 5.69 Å². The number of hydrogen-bond acceptors (Lipinski definition) is 2. The van der Waals surface area contributed by atoms with Gasteiger partial charge in [-0.1, -0.05) is 42.5 Å². The summed E-state index contributed by atoms with van der Waals surface area (Å²) in [7, 11) is 0. The predicted octanol–water partition coefficient (Wildman–Crippen LogP) is 4.74. The number of nitriles is 1. The third-order valence-electron chi connectivity index (χ3n) is 4.13. The van der Waals surface area contributed by atoms with Gasteiger partial charge in [0.2, 0.25) is 0 Å². The van der Waals surface area contributed by atoms with Crippen LogP contribution in [0.25, 0.3) is 11.6 Å². The average molecular weight is 288 g/mol. The normalized spacial score (nSPS) is 15.4. The van der Waals surface area contributed by atoms with Crippen LogP contribution in [0.15, 0.2) is 54.6 Å². The molecule has 2 aromatic rings. The van der Waals surface area contributed by atoms with Gasteiger partial charge in [0.1, 0.15) is 0 Å². The standard InChI is InChI=1S/C20H20N2/c21-16-19(18-7-3-1-4-8-18)15-17-9-11-20(12-10-17)22-13-5-2-6-14-22/h1,3-4,7-12,15H,2,5-6,13-14H2. The second-order valence-corrected chi connectivity index (χ2v) is 5.68. The smallest absolute Gasteiger partial charge is 0.0998 e. The highest BCUT2D eigenvalue weighted by Crippen LogP contribution is 2.22. The number of hydrogen-bond donors (Lipinski definition) is 0. The van der Waals surface area contributed by atoms with Crippen LogP contribution in [0.1, 0.15) is 30.4 Å². The number of anilines is 1. The zero-order valence-corrected chi connectivity index (χ0v) is 12.7. The summed E-state index contributed by atoms with van der Waals surface area (Å²) in [5.74, 6) is 0. The number of piperidine rings is 1. The molecule has 0 aliphatic carbocycles. The Kier molecular flexibility index (Phi) is 4.56. The molecule has 1 fully saturated rings. The van der Waals surface area contributed by atoms with E-state index in [1.54, 1.807) is 0 Å². The molecule has 0 aromatic heterocycles. The first kappa shape index (κ1) is 14.4. The largest absolute Gasteiger partial charge is 0.372 e. The fourth-order valence-electron chi connectivity index (χ4n) is 2.90. The fourth-order valence-corrected chi connectivity index (χ4v) is 2.90. The molecule has 2 aromatic carbocycles. The lowest BCUT2D eigenvalue weighted by atomic mass is 10.0. The fraction of sp³-hybridized carbons (Fsp3) is 0.250. The zero-order valence-electron chi connectivity index (χ0n) is 12.7. The van der Waals surface area contributed by atoms with Gasteiger partial charge < -0.3 is 4.90 Å². The molecule has 0 spiro atoms. The third-order valence-corrected chi connectivity index (χ3v) is 4.13. The summed E-state index contributed by atoms with van der Waals surface area (Å²) in [6.45, 7) is 2.31. The Morgan fingerprint density at radius 3 is 2.23 bits per heavy atom. The third kappa shape index (κ3) is 3.38. The molecule has 1 aliphatic heterocycles. The molecule has 2 nitrogen and oxygen atoms in total. The topological polar surface area (TPSA) is 27.0 Å². The Morgan fingerprint density at radius 2 is 1.59 bits per heavy atom. The second-order valence-electron chi connectivity index (χ2n) is 5.68. The monoisotopic (exact) mass is 288 g/mol. The van der Waals surface area contributed by atoms with Crippen LogP contribution >= 0.6 is 0 Å². The van der Waals surface area contributed by atoms with Gasteiger partial charge in [-0.05, 0) is 48.6 Å². The molecule has 0 atom stereocenters. The van der Waals surface area contributed by atoms with E-state index >= 15 is 0 Å². The highest BCUT2D eigenvalue weighted by molar-refractivity contribution is 5.89. The highest BCUT2D eigenvalue weighted by Gasteiger charge is 2.10. The van der Waals surface area contributed by atoms with E-state index in [-0.39, 0.29) is 0 Å². The molecule has 0 N–H and O–H groups in total. The number of rotatable bonds is 3. The summed E-state index contributed by atoms with van der Waals surface area (Å²) >= 11 is 0. The Bertz CT molecular complexity index is 672. The van der Waals surface area contributed by atoms with Crippen LogP contribution in [-0.2, 0) is 0 Å². The molecule has 0 amide bonds. The van der Waals surface area contributed by atoms with Crippen molar-refractivity contribution in [3.63, 3.8) is 0 Å². The van der Waals surface area contributed by atoms with E-state index in [1.807, 2.05) is 36.4 Å². The maximum absolute atomic E-state index is 9.37. The molecule has 0 unspecified atom stereocenters. The van der Waals surface area contributed by atoms with Gasteiger partial charge in [0, 0.05) is 18.8 Å². The van der Waals surface area contributed by atoms with E-state index in [1.165, 1.54) is 24.9 Å². The maximum Gasteiger partial charge on any atom is 0.0998 e. The van der Waals surface area contributed by atoms with E-state index in [0.29, 0.717) is 5.57 Å². The van der Waals surface area contributed by atoms with Gasteiger partial charge in [-0.2, -0.15) is 5.26 Å². The van der Waals surface area contributed by atoms with Crippen LogP contribution < -0.4 is 4.90 Å². The highest BCUT2D eigenvalue weighted by atomic mass is 15.1. The molecule has 1 heterocycles. The molecular weight excluding hydrogens is 268 g/mol. The summed E-state index contributed by atoms with van der Waals surface area (Å²) < 4.78 is 0. The van der Waals surface area contributed by atoms with Crippen LogP contribution in [0.3, 0.4) is 0 Å². The minimum Gasteiger partial charge on any atom is -0.372 e. The Balaban J connectivity index is 1.80. The molecule has 110 valence electrons. The van der Waals surface area contributed by atoms with Gasteiger partial charge in [-0.25, -0.2) is 0 Å². The van der Waals surface area contributed by atoms with Gasteiger partial charge in [0.05, 0.1) is 11.6 Å². The summed E-state index contributed by atoms with van der Waals surface area (Å²) in [6.07, 6.45) is 5.87. The molecule has 0 bridgehead atoms. The van der Waals surface area contributed by atoms with Gasteiger partial charge >= 0.3 is 0 Å². The van der Waals surface area contributed by atoms with Gasteiger partial charge in [-0.3, -0.25) is 0 Å². The van der Waals surface area contributed by atoms with Gasteiger partial charge in [0.25, 0.3) is 0 Å². The molecule has 0 saturated carbocycles. The Hall–Kier alpha value is -2.53. The number of benzene rings is 2. The van der Waals surface area contributed by atoms with Crippen molar-refractivity contribution in [1.29, 1.82) is 5.26 Å². The van der Waals surface area contributed by atoms with Crippen LogP contribution in [0.2, 0.25) is 0 Å². The number of nitrogens with zero attached hydrogens (tertiary/aromatic N) is 2. The minimum atomic E-state index is 0.700. The van der Waals surface area contributed by atoms with E-state index in [9.17, 15) is 5.26 Å². The molecule has 3 rings (SSSR count). The van der Waals surface area contributed by atoms with Crippen molar-refractivity contribution in [1.82, 2.24) is 0 Å². The van der Waals surface area contributed by atoms with Gasteiger partial charge in [-0.15, -0.1) is 0 Å². The van der Waals surface area contributed by atoms with Crippen molar-refractivity contribution in [3.05, 3.63) is 65.7 Å². The summed E-state index contributed by atoms with van der Waals surface area (Å²) in [5, 5.41) is 9.37. The number of allylic oxidation sites excluding steroid dienone is 1. The average Bonchev–Trinajstić information content (AvgIpc) is 2.62. The lowest BCUT2D eigenvalue weighted by Gasteiger charge is -2.28. The minimum absolute atomic E-state index is 0.700. The van der Waals surface area contributed by atoms with Crippen molar-refractivity contribution in [2.45, 2.75) is 19.3 Å². The van der Waals surface area contributed by atoms with E-state index < -0.39 is 0 Å². The van der Waals surface area contributed by atoms with Crippen LogP contribution in [0, 0.1) is 11.3 Å². The molecule has 1 aliphatic rings. The van der Waals surface area contributed by atoms with Crippen LogP contribution in [0.5, 0.6) is 0 Å². The molecule has 2 heteroatoms. The first-order valence-electron chi connectivity index (χ1n) is 7.89. The van der Waals surface area contributed by atoms with Crippen molar-refractivity contribution in [3.8, 4) is 6.07 Å². The summed E-state index contributed by atoms with van der Waals surface area (Å²) in [5.41, 5.74) is 4.02. The van der Waals surface area contributed by atoms with Gasteiger partial charge in [0.15, 0.2) is 0 Å². The summed E-state index contributed by atoms with van der Waals surface area (Å²) in [6, 6.07) is 20.6.